The summed E-state index contributed by atoms with van der Waals surface area (Å²) in [6.07, 6.45) is 1.50. The summed E-state index contributed by atoms with van der Waals surface area (Å²) in [7, 11) is -3.32. The molecule has 0 aliphatic rings. The van der Waals surface area contributed by atoms with E-state index in [1.807, 2.05) is 44.2 Å². The van der Waals surface area contributed by atoms with Crippen molar-refractivity contribution in [1.82, 2.24) is 0 Å². The fourth-order valence-corrected chi connectivity index (χ4v) is 3.58. The molecular weight excluding hydrogens is 318 g/mol. The number of benzene rings is 2. The topological polar surface area (TPSA) is 46.2 Å². The van der Waals surface area contributed by atoms with Crippen LogP contribution in [0.4, 0.5) is 5.69 Å². The highest BCUT2D eigenvalue weighted by atomic mass is 35.5. The van der Waals surface area contributed by atoms with Crippen molar-refractivity contribution in [2.45, 2.75) is 26.7 Å². The molecule has 0 atom stereocenters. The van der Waals surface area contributed by atoms with Gasteiger partial charge in [-0.05, 0) is 43.2 Å². The number of nitrogens with one attached hydrogen (secondary N) is 1. The molecule has 2 aromatic carbocycles. The smallest absolute Gasteiger partial charge is 0.232 e. The van der Waals surface area contributed by atoms with Crippen LogP contribution in [-0.2, 0) is 10.0 Å². The summed E-state index contributed by atoms with van der Waals surface area (Å²) in [4.78, 5) is 0. The maximum absolute atomic E-state index is 12.1. The summed E-state index contributed by atoms with van der Waals surface area (Å²) in [5.41, 5.74) is 3.46. The summed E-state index contributed by atoms with van der Waals surface area (Å²) >= 11 is 5.92. The molecule has 0 heterocycles. The average Bonchev–Trinajstić information content (AvgIpc) is 2.48. The van der Waals surface area contributed by atoms with Gasteiger partial charge < -0.3 is 0 Å². The quantitative estimate of drug-likeness (QED) is 0.818. The van der Waals surface area contributed by atoms with Crippen molar-refractivity contribution >= 4 is 27.3 Å². The molecule has 0 amide bonds. The second kappa shape index (κ2) is 7.16. The standard InChI is InChI=1S/C17H20ClNO2S/c1-3-4-11-22(20,21)19-17-10-5-13(2)12-16(17)14-6-8-15(18)9-7-14/h5-10,12,19H,3-4,11H2,1-2H3. The predicted molar refractivity (Wildman–Crippen MR) is 93.9 cm³/mol. The second-order valence-electron chi connectivity index (χ2n) is 5.33. The number of hydrogen-bond acceptors (Lipinski definition) is 2. The lowest BCUT2D eigenvalue weighted by Crippen LogP contribution is -2.17. The van der Waals surface area contributed by atoms with Gasteiger partial charge in [-0.3, -0.25) is 4.72 Å². The highest BCUT2D eigenvalue weighted by Crippen LogP contribution is 2.30. The van der Waals surface area contributed by atoms with E-state index in [2.05, 4.69) is 4.72 Å². The Kier molecular flexibility index (Phi) is 5.48. The Morgan fingerprint density at radius 2 is 1.77 bits per heavy atom. The third kappa shape index (κ3) is 4.49. The summed E-state index contributed by atoms with van der Waals surface area (Å²) < 4.78 is 27.0. The predicted octanol–water partition coefficient (Wildman–Crippen LogP) is 4.86. The molecule has 2 aromatic rings. The first-order chi connectivity index (χ1) is 10.4. The van der Waals surface area contributed by atoms with Crippen molar-refractivity contribution in [3.63, 3.8) is 0 Å². The second-order valence-corrected chi connectivity index (χ2v) is 7.61. The number of rotatable bonds is 6. The van der Waals surface area contributed by atoms with E-state index >= 15 is 0 Å². The fourth-order valence-electron chi connectivity index (χ4n) is 2.17. The first-order valence-electron chi connectivity index (χ1n) is 7.28. The molecule has 1 N–H and O–H groups in total. The Hall–Kier alpha value is -1.52. The minimum Gasteiger partial charge on any atom is -0.283 e. The SMILES string of the molecule is CCCCS(=O)(=O)Nc1ccc(C)cc1-c1ccc(Cl)cc1. The lowest BCUT2D eigenvalue weighted by Gasteiger charge is -2.14. The molecule has 0 aliphatic heterocycles. The minimum absolute atomic E-state index is 0.136. The summed E-state index contributed by atoms with van der Waals surface area (Å²) in [6.45, 7) is 3.95. The number of anilines is 1. The third-order valence-corrected chi connectivity index (χ3v) is 4.97. The first-order valence-corrected chi connectivity index (χ1v) is 9.31. The van der Waals surface area contributed by atoms with E-state index in [1.165, 1.54) is 0 Å². The lowest BCUT2D eigenvalue weighted by atomic mass is 10.0. The van der Waals surface area contributed by atoms with E-state index < -0.39 is 10.0 Å². The van der Waals surface area contributed by atoms with Crippen LogP contribution >= 0.6 is 11.6 Å². The molecule has 3 nitrogen and oxygen atoms in total. The zero-order chi connectivity index (χ0) is 16.2. The summed E-state index contributed by atoms with van der Waals surface area (Å²) in [5, 5.41) is 0.654. The van der Waals surface area contributed by atoms with E-state index in [-0.39, 0.29) is 5.75 Å². The molecule has 0 fully saturated rings. The van der Waals surface area contributed by atoms with Gasteiger partial charge in [-0.15, -0.1) is 0 Å². The maximum atomic E-state index is 12.1. The Bertz CT molecular complexity index is 740. The Morgan fingerprint density at radius 1 is 1.09 bits per heavy atom. The number of hydrogen-bond donors (Lipinski definition) is 1. The monoisotopic (exact) mass is 337 g/mol. The van der Waals surface area contributed by atoms with Gasteiger partial charge in [0.2, 0.25) is 10.0 Å². The summed E-state index contributed by atoms with van der Waals surface area (Å²) in [6, 6.07) is 13.1. The number of sulfonamides is 1. The minimum atomic E-state index is -3.32. The van der Waals surface area contributed by atoms with Crippen molar-refractivity contribution in [2.75, 3.05) is 10.5 Å². The normalized spacial score (nSPS) is 11.4. The van der Waals surface area contributed by atoms with E-state index in [0.29, 0.717) is 17.1 Å². The maximum Gasteiger partial charge on any atom is 0.232 e. The molecule has 5 heteroatoms. The van der Waals surface area contributed by atoms with Crippen LogP contribution in [0.15, 0.2) is 42.5 Å². The Morgan fingerprint density at radius 3 is 2.41 bits per heavy atom. The van der Waals surface area contributed by atoms with Crippen LogP contribution < -0.4 is 4.72 Å². The molecule has 0 unspecified atom stereocenters. The average molecular weight is 338 g/mol. The van der Waals surface area contributed by atoms with Crippen LogP contribution in [0.2, 0.25) is 5.02 Å². The largest absolute Gasteiger partial charge is 0.283 e. The van der Waals surface area contributed by atoms with Crippen LogP contribution in [0.25, 0.3) is 11.1 Å². The summed E-state index contributed by atoms with van der Waals surface area (Å²) in [5.74, 6) is 0.136. The Balaban J connectivity index is 2.38. The molecule has 0 saturated heterocycles. The van der Waals surface area contributed by atoms with Gasteiger partial charge in [0, 0.05) is 10.6 Å². The van der Waals surface area contributed by atoms with Gasteiger partial charge in [0.15, 0.2) is 0 Å². The first kappa shape index (κ1) is 16.8. The molecule has 0 aliphatic carbocycles. The molecule has 118 valence electrons. The third-order valence-electron chi connectivity index (χ3n) is 3.36. The van der Waals surface area contributed by atoms with Gasteiger partial charge in [-0.2, -0.15) is 0 Å². The van der Waals surface area contributed by atoms with Crippen LogP contribution in [-0.4, -0.2) is 14.2 Å². The van der Waals surface area contributed by atoms with Gasteiger partial charge in [-0.25, -0.2) is 8.42 Å². The van der Waals surface area contributed by atoms with Crippen LogP contribution in [0, 0.1) is 6.92 Å². The zero-order valence-corrected chi connectivity index (χ0v) is 14.3. The van der Waals surface area contributed by atoms with Gasteiger partial charge in [0.05, 0.1) is 11.4 Å². The van der Waals surface area contributed by atoms with Crippen molar-refractivity contribution in [3.05, 3.63) is 53.1 Å². The molecule has 0 spiro atoms. The molecule has 2 rings (SSSR count). The van der Waals surface area contributed by atoms with Crippen molar-refractivity contribution in [1.29, 1.82) is 0 Å². The highest BCUT2D eigenvalue weighted by molar-refractivity contribution is 7.92. The molecule has 0 saturated carbocycles. The van der Waals surface area contributed by atoms with Crippen LogP contribution in [0.3, 0.4) is 0 Å². The van der Waals surface area contributed by atoms with Gasteiger partial charge in [-0.1, -0.05) is 48.7 Å². The molecule has 22 heavy (non-hydrogen) atoms. The molecular formula is C17H20ClNO2S. The number of halogens is 1. The lowest BCUT2D eigenvalue weighted by molar-refractivity contribution is 0.598. The van der Waals surface area contributed by atoms with E-state index in [9.17, 15) is 8.42 Å². The fraction of sp³-hybridized carbons (Fsp3) is 0.294. The molecule has 0 bridgehead atoms. The van der Waals surface area contributed by atoms with Crippen molar-refractivity contribution in [3.8, 4) is 11.1 Å². The number of unbranched alkanes of at least 4 members (excludes halogenated alkanes) is 1. The highest BCUT2D eigenvalue weighted by Gasteiger charge is 2.13. The van der Waals surface area contributed by atoms with E-state index in [4.69, 9.17) is 11.6 Å². The van der Waals surface area contributed by atoms with Crippen LogP contribution in [0.1, 0.15) is 25.3 Å². The zero-order valence-electron chi connectivity index (χ0n) is 12.8. The van der Waals surface area contributed by atoms with E-state index in [0.717, 1.165) is 23.1 Å². The van der Waals surface area contributed by atoms with Crippen molar-refractivity contribution in [2.24, 2.45) is 0 Å². The number of aryl methyl sites for hydroxylation is 1. The van der Waals surface area contributed by atoms with Gasteiger partial charge in [0.1, 0.15) is 0 Å². The van der Waals surface area contributed by atoms with Crippen LogP contribution in [0.5, 0.6) is 0 Å². The molecule has 0 aromatic heterocycles. The van der Waals surface area contributed by atoms with E-state index in [1.54, 1.807) is 12.1 Å². The van der Waals surface area contributed by atoms with Crippen molar-refractivity contribution < 1.29 is 8.42 Å². The molecule has 0 radical (unpaired) electrons. The van der Waals surface area contributed by atoms with Gasteiger partial charge >= 0.3 is 0 Å². The Labute approximate surface area is 137 Å². The van der Waals surface area contributed by atoms with Gasteiger partial charge in [0.25, 0.3) is 0 Å².